The second-order valence-electron chi connectivity index (χ2n) is 7.14. The smallest absolute Gasteiger partial charge is 0.295 e. The summed E-state index contributed by atoms with van der Waals surface area (Å²) in [5.74, 6) is -1.08. The predicted octanol–water partition coefficient (Wildman–Crippen LogP) is 3.31. The highest BCUT2D eigenvalue weighted by molar-refractivity contribution is 6.44. The van der Waals surface area contributed by atoms with Crippen LogP contribution in [-0.2, 0) is 4.79 Å². The number of nitriles is 1. The van der Waals surface area contributed by atoms with Gasteiger partial charge in [0.2, 0.25) is 0 Å². The molecular weight excluding hydrogens is 390 g/mol. The maximum absolute atomic E-state index is 12.9. The Balaban J connectivity index is 1.52. The first-order valence-corrected chi connectivity index (χ1v) is 9.86. The lowest BCUT2D eigenvalue weighted by Gasteiger charge is -2.37. The van der Waals surface area contributed by atoms with Gasteiger partial charge in [-0.1, -0.05) is 48.5 Å². The number of hydrogen-bond donors (Lipinski definition) is 1. The molecule has 1 amide bonds. The van der Waals surface area contributed by atoms with Gasteiger partial charge in [0, 0.05) is 43.3 Å². The summed E-state index contributed by atoms with van der Waals surface area (Å²) in [5.41, 5.74) is 2.54. The van der Waals surface area contributed by atoms with E-state index < -0.39 is 11.7 Å². The number of H-pyrrole nitrogens is 1. The van der Waals surface area contributed by atoms with Gasteiger partial charge in [-0.25, -0.2) is 10.1 Å². The van der Waals surface area contributed by atoms with Crippen LogP contribution in [0, 0.1) is 17.9 Å². The van der Waals surface area contributed by atoms with Gasteiger partial charge in [-0.05, 0) is 11.6 Å². The van der Waals surface area contributed by atoms with Crippen LogP contribution in [0.1, 0.15) is 15.9 Å². The molecule has 0 spiro atoms. The number of amides is 1. The van der Waals surface area contributed by atoms with Gasteiger partial charge in [0.25, 0.3) is 17.4 Å². The number of aromatic nitrogens is 1. The van der Waals surface area contributed by atoms with Crippen molar-refractivity contribution < 1.29 is 9.59 Å². The first-order chi connectivity index (χ1) is 15.1. The number of nitrogens with zero attached hydrogens (tertiary/aromatic N) is 4. The van der Waals surface area contributed by atoms with E-state index in [9.17, 15) is 14.9 Å². The zero-order valence-electron chi connectivity index (χ0n) is 16.7. The van der Waals surface area contributed by atoms with Crippen LogP contribution in [0.4, 0.5) is 0 Å². The average molecular weight is 409 g/mol. The highest BCUT2D eigenvalue weighted by atomic mass is 16.2. The number of Topliss-reactive ketones (excluding diaryl/α,β-unsaturated/α-hetero) is 1. The fraction of sp³-hybridized carbons (Fsp3) is 0.167. The molecule has 7 nitrogen and oxygen atoms in total. The molecule has 1 saturated heterocycles. The number of hydrogen-bond acceptors (Lipinski definition) is 4. The number of allylic oxidation sites excluding steroid dienone is 1. The van der Waals surface area contributed by atoms with Gasteiger partial charge in [0.15, 0.2) is 0 Å². The molecule has 1 N–H and O–H groups in total. The summed E-state index contributed by atoms with van der Waals surface area (Å²) >= 11 is 0. The molecule has 7 heteroatoms. The lowest BCUT2D eigenvalue weighted by atomic mass is 10.1. The van der Waals surface area contributed by atoms with Crippen LogP contribution in [0.15, 0.2) is 66.5 Å². The second-order valence-corrected chi connectivity index (χ2v) is 7.14. The number of nitrogens with one attached hydrogen (secondary N) is 1. The Hall–Kier alpha value is -4.36. The monoisotopic (exact) mass is 409 g/mol. The SMILES string of the molecule is [C-]#[N+]C(C#N)=C(c1ccccc1)N1CCN(C(=O)C(=O)c2c[nH]c3ccccc23)CC1. The van der Waals surface area contributed by atoms with Crippen LogP contribution in [-0.4, -0.2) is 52.7 Å². The molecule has 2 heterocycles. The van der Waals surface area contributed by atoms with E-state index in [1.54, 1.807) is 6.20 Å². The molecule has 2 aromatic carbocycles. The van der Waals surface area contributed by atoms with Crippen LogP contribution in [0.3, 0.4) is 0 Å². The third-order valence-corrected chi connectivity index (χ3v) is 5.40. The van der Waals surface area contributed by atoms with E-state index in [4.69, 9.17) is 6.57 Å². The predicted molar refractivity (Wildman–Crippen MR) is 116 cm³/mol. The number of ketones is 1. The minimum atomic E-state index is -0.541. The number of benzene rings is 2. The molecule has 1 fully saturated rings. The van der Waals surface area contributed by atoms with Crippen molar-refractivity contribution in [2.75, 3.05) is 26.2 Å². The van der Waals surface area contributed by atoms with Gasteiger partial charge in [-0.15, -0.1) is 0 Å². The number of carbonyl (C=O) groups is 2. The number of piperazine rings is 1. The topological polar surface area (TPSA) is 84.6 Å². The van der Waals surface area contributed by atoms with E-state index >= 15 is 0 Å². The van der Waals surface area contributed by atoms with Crippen molar-refractivity contribution >= 4 is 28.3 Å². The standard InChI is InChI=1S/C24H19N5O2/c1-26-21(15-25)22(17-7-3-2-4-8-17)28-11-13-29(14-12-28)24(31)23(30)19-16-27-20-10-6-5-9-18(19)20/h2-10,16,27H,11-14H2. The van der Waals surface area contributed by atoms with E-state index in [2.05, 4.69) is 9.83 Å². The molecule has 1 aliphatic heterocycles. The van der Waals surface area contributed by atoms with Gasteiger partial charge < -0.3 is 14.8 Å². The van der Waals surface area contributed by atoms with Crippen LogP contribution >= 0.6 is 0 Å². The molecule has 152 valence electrons. The fourth-order valence-electron chi connectivity index (χ4n) is 3.85. The summed E-state index contributed by atoms with van der Waals surface area (Å²) in [6.45, 7) is 8.90. The number of carbonyl (C=O) groups excluding carboxylic acids is 2. The lowest BCUT2D eigenvalue weighted by Crippen LogP contribution is -2.50. The quantitative estimate of drug-likeness (QED) is 0.310. The first-order valence-electron chi connectivity index (χ1n) is 9.86. The van der Waals surface area contributed by atoms with Gasteiger partial charge in [0.1, 0.15) is 0 Å². The maximum atomic E-state index is 12.9. The van der Waals surface area contributed by atoms with Crippen LogP contribution in [0.5, 0.6) is 0 Å². The normalized spacial score (nSPS) is 14.5. The molecule has 0 radical (unpaired) electrons. The summed E-state index contributed by atoms with van der Waals surface area (Å²) in [6.07, 6.45) is 1.58. The Labute approximate surface area is 179 Å². The Morgan fingerprint density at radius 3 is 2.29 bits per heavy atom. The van der Waals surface area contributed by atoms with Crippen molar-refractivity contribution in [3.05, 3.63) is 89.0 Å². The van der Waals surface area contributed by atoms with E-state index in [0.29, 0.717) is 37.4 Å². The lowest BCUT2D eigenvalue weighted by molar-refractivity contribution is -0.127. The molecule has 4 rings (SSSR count). The van der Waals surface area contributed by atoms with Gasteiger partial charge >= 0.3 is 0 Å². The number of para-hydroxylation sites is 1. The Morgan fingerprint density at radius 1 is 0.968 bits per heavy atom. The molecule has 0 aliphatic carbocycles. The fourth-order valence-corrected chi connectivity index (χ4v) is 3.85. The average Bonchev–Trinajstić information content (AvgIpc) is 3.26. The molecule has 1 aromatic heterocycles. The minimum Gasteiger partial charge on any atom is -0.376 e. The molecule has 0 atom stereocenters. The molecule has 0 bridgehead atoms. The Morgan fingerprint density at radius 2 is 1.61 bits per heavy atom. The minimum absolute atomic E-state index is 0.0147. The van der Waals surface area contributed by atoms with Gasteiger partial charge in [-0.2, -0.15) is 0 Å². The van der Waals surface area contributed by atoms with Gasteiger partial charge in [-0.3, -0.25) is 9.59 Å². The number of fused-ring (bicyclic) bond motifs is 1. The van der Waals surface area contributed by atoms with Crippen LogP contribution < -0.4 is 0 Å². The largest absolute Gasteiger partial charge is 0.376 e. The molecule has 31 heavy (non-hydrogen) atoms. The zero-order valence-corrected chi connectivity index (χ0v) is 16.7. The van der Waals surface area contributed by atoms with E-state index in [1.807, 2.05) is 65.6 Å². The van der Waals surface area contributed by atoms with Crippen molar-refractivity contribution in [2.45, 2.75) is 0 Å². The molecule has 0 saturated carbocycles. The Bertz CT molecular complexity index is 1240. The van der Waals surface area contributed by atoms with E-state index in [-0.39, 0.29) is 5.70 Å². The maximum Gasteiger partial charge on any atom is 0.295 e. The first kappa shape index (κ1) is 19.9. The van der Waals surface area contributed by atoms with Crippen molar-refractivity contribution in [1.82, 2.24) is 14.8 Å². The molecule has 1 aliphatic rings. The van der Waals surface area contributed by atoms with E-state index in [0.717, 1.165) is 16.5 Å². The third kappa shape index (κ3) is 3.77. The molecule has 0 unspecified atom stereocenters. The summed E-state index contributed by atoms with van der Waals surface area (Å²) in [6, 6.07) is 18.6. The Kier molecular flexibility index (Phi) is 5.51. The van der Waals surface area contributed by atoms with Crippen molar-refractivity contribution in [2.24, 2.45) is 0 Å². The highest BCUT2D eigenvalue weighted by Gasteiger charge is 2.30. The van der Waals surface area contributed by atoms with Crippen molar-refractivity contribution in [3.8, 4) is 6.07 Å². The number of aromatic amines is 1. The van der Waals surface area contributed by atoms with Crippen molar-refractivity contribution in [3.63, 3.8) is 0 Å². The van der Waals surface area contributed by atoms with Crippen molar-refractivity contribution in [1.29, 1.82) is 5.26 Å². The van der Waals surface area contributed by atoms with Crippen LogP contribution in [0.25, 0.3) is 21.4 Å². The highest BCUT2D eigenvalue weighted by Crippen LogP contribution is 2.26. The summed E-state index contributed by atoms with van der Waals surface area (Å²) in [7, 11) is 0. The summed E-state index contributed by atoms with van der Waals surface area (Å²) in [4.78, 5) is 35.6. The van der Waals surface area contributed by atoms with Crippen LogP contribution in [0.2, 0.25) is 0 Å². The summed E-state index contributed by atoms with van der Waals surface area (Å²) in [5, 5.41) is 10.2. The molecular formula is C24H19N5O2. The zero-order chi connectivity index (χ0) is 21.8. The molecule has 3 aromatic rings. The number of rotatable bonds is 4. The van der Waals surface area contributed by atoms with E-state index in [1.165, 1.54) is 4.90 Å². The third-order valence-electron chi connectivity index (χ3n) is 5.40. The summed E-state index contributed by atoms with van der Waals surface area (Å²) < 4.78 is 0. The second kappa shape index (κ2) is 8.56. The van der Waals surface area contributed by atoms with Gasteiger partial charge in [0.05, 0.1) is 23.9 Å².